The Kier molecular flexibility index (Phi) is 4.27. The zero-order valence-electron chi connectivity index (χ0n) is 9.64. The van der Waals surface area contributed by atoms with Gasteiger partial charge in [0, 0.05) is 6.54 Å². The molecule has 98 valence electrons. The largest absolute Gasteiger partial charge is 0.375 e. The maximum absolute atomic E-state index is 13.8. The maximum atomic E-state index is 13.8. The van der Waals surface area contributed by atoms with E-state index in [2.05, 4.69) is 4.72 Å². The molecule has 1 saturated heterocycles. The molecule has 5 nitrogen and oxygen atoms in total. The van der Waals surface area contributed by atoms with Crippen LogP contribution in [0.4, 0.5) is 14.9 Å². The van der Waals surface area contributed by atoms with Gasteiger partial charge in [-0.25, -0.2) is 9.18 Å². The summed E-state index contributed by atoms with van der Waals surface area (Å²) < 4.78 is 21.3. The summed E-state index contributed by atoms with van der Waals surface area (Å²) in [5.74, 6) is 0. The Bertz CT molecular complexity index is 433. The summed E-state index contributed by atoms with van der Waals surface area (Å²) in [6, 6.07) is 6.63. The Morgan fingerprint density at radius 2 is 2.33 bits per heavy atom. The number of urea groups is 1. The third-order valence-electron chi connectivity index (χ3n) is 2.51. The molecule has 1 aromatic rings. The van der Waals surface area contributed by atoms with E-state index in [-0.39, 0.29) is 6.61 Å². The molecule has 0 spiro atoms. The molecule has 2 rings (SSSR count). The second-order valence-corrected chi connectivity index (χ2v) is 4.59. The van der Waals surface area contributed by atoms with Gasteiger partial charge in [-0.15, -0.1) is 0 Å². The lowest BCUT2D eigenvalue weighted by molar-refractivity contribution is 0.0494. The number of amides is 2. The Balaban J connectivity index is 2.17. The normalized spacial score (nSPS) is 19.6. The summed E-state index contributed by atoms with van der Waals surface area (Å²) in [4.78, 5) is 13.1. The van der Waals surface area contributed by atoms with Gasteiger partial charge in [0.05, 0.1) is 23.8 Å². The second kappa shape index (κ2) is 5.92. The molecule has 1 aromatic carbocycles. The SMILES string of the molecule is NC(=O)NSc1ccccc1N1CCOCC1F. The van der Waals surface area contributed by atoms with Gasteiger partial charge in [0.15, 0.2) is 6.30 Å². The van der Waals surface area contributed by atoms with Crippen molar-refractivity contribution in [1.82, 2.24) is 4.72 Å². The lowest BCUT2D eigenvalue weighted by Gasteiger charge is -2.33. The van der Waals surface area contributed by atoms with Crippen molar-refractivity contribution in [2.24, 2.45) is 5.73 Å². The fraction of sp³-hybridized carbons (Fsp3) is 0.364. The number of morpholine rings is 1. The molecule has 1 aliphatic rings. The first kappa shape index (κ1) is 13.0. The summed E-state index contributed by atoms with van der Waals surface area (Å²) in [6.07, 6.45) is -1.17. The van der Waals surface area contributed by atoms with Crippen molar-refractivity contribution in [2.75, 3.05) is 24.7 Å². The van der Waals surface area contributed by atoms with Gasteiger partial charge in [0.2, 0.25) is 0 Å². The first-order chi connectivity index (χ1) is 8.68. The number of alkyl halides is 1. The number of carbonyl (C=O) groups is 1. The fourth-order valence-electron chi connectivity index (χ4n) is 1.73. The number of para-hydroxylation sites is 1. The highest BCUT2D eigenvalue weighted by atomic mass is 32.2. The lowest BCUT2D eigenvalue weighted by atomic mass is 10.2. The van der Waals surface area contributed by atoms with E-state index < -0.39 is 12.3 Å². The average Bonchev–Trinajstić information content (AvgIpc) is 2.37. The monoisotopic (exact) mass is 271 g/mol. The van der Waals surface area contributed by atoms with Crippen molar-refractivity contribution in [1.29, 1.82) is 0 Å². The van der Waals surface area contributed by atoms with Gasteiger partial charge in [-0.3, -0.25) is 4.72 Å². The number of halogens is 1. The summed E-state index contributed by atoms with van der Waals surface area (Å²) in [5, 5.41) is 0. The zero-order valence-corrected chi connectivity index (χ0v) is 10.5. The second-order valence-electron chi connectivity index (χ2n) is 3.74. The summed E-state index contributed by atoms with van der Waals surface area (Å²) in [6.45, 7) is 1.03. The molecule has 7 heteroatoms. The summed E-state index contributed by atoms with van der Waals surface area (Å²) in [7, 11) is 0. The van der Waals surface area contributed by atoms with Gasteiger partial charge in [0.1, 0.15) is 0 Å². The van der Waals surface area contributed by atoms with Crippen LogP contribution in [0.3, 0.4) is 0 Å². The van der Waals surface area contributed by atoms with Gasteiger partial charge in [-0.1, -0.05) is 12.1 Å². The summed E-state index contributed by atoms with van der Waals surface area (Å²) >= 11 is 1.08. The topological polar surface area (TPSA) is 67.6 Å². The first-order valence-corrected chi connectivity index (χ1v) is 6.30. The van der Waals surface area contributed by atoms with Crippen molar-refractivity contribution in [3.05, 3.63) is 24.3 Å². The van der Waals surface area contributed by atoms with Crippen molar-refractivity contribution in [3.8, 4) is 0 Å². The quantitative estimate of drug-likeness (QED) is 0.645. The van der Waals surface area contributed by atoms with Gasteiger partial charge in [-0.05, 0) is 24.1 Å². The third-order valence-corrected chi connectivity index (χ3v) is 3.37. The number of benzene rings is 1. The van der Waals surface area contributed by atoms with E-state index in [4.69, 9.17) is 10.5 Å². The van der Waals surface area contributed by atoms with Gasteiger partial charge in [0.25, 0.3) is 0 Å². The van der Waals surface area contributed by atoms with Crippen LogP contribution in [-0.4, -0.2) is 32.1 Å². The fourth-order valence-corrected chi connectivity index (χ4v) is 2.38. The van der Waals surface area contributed by atoms with E-state index in [1.165, 1.54) is 0 Å². The molecule has 3 N–H and O–H groups in total. The third kappa shape index (κ3) is 3.05. The van der Waals surface area contributed by atoms with E-state index in [0.29, 0.717) is 13.2 Å². The molecule has 1 aliphatic heterocycles. The number of rotatable bonds is 3. The van der Waals surface area contributed by atoms with Gasteiger partial charge >= 0.3 is 6.03 Å². The van der Waals surface area contributed by atoms with Crippen molar-refractivity contribution in [3.63, 3.8) is 0 Å². The predicted molar refractivity (Wildman–Crippen MR) is 68.1 cm³/mol. The number of ether oxygens (including phenoxy) is 1. The van der Waals surface area contributed by atoms with E-state index in [9.17, 15) is 9.18 Å². The maximum Gasteiger partial charge on any atom is 0.322 e. The van der Waals surface area contributed by atoms with Crippen LogP contribution in [0.5, 0.6) is 0 Å². The average molecular weight is 271 g/mol. The van der Waals surface area contributed by atoms with E-state index in [1.807, 2.05) is 18.2 Å². The number of hydrogen-bond donors (Lipinski definition) is 2. The number of nitrogens with one attached hydrogen (secondary N) is 1. The number of primary amides is 1. The minimum Gasteiger partial charge on any atom is -0.375 e. The van der Waals surface area contributed by atoms with Crippen LogP contribution in [0.25, 0.3) is 0 Å². The molecule has 0 bridgehead atoms. The van der Waals surface area contributed by atoms with Crippen molar-refractivity contribution < 1.29 is 13.9 Å². The van der Waals surface area contributed by atoms with Crippen molar-refractivity contribution >= 4 is 23.7 Å². The standard InChI is InChI=1S/C11H14FN3O2S/c12-10-7-17-6-5-15(10)8-3-1-2-4-9(8)18-14-11(13)16/h1-4,10H,5-7H2,(H3,13,14,16). The number of hydrogen-bond acceptors (Lipinski definition) is 4. The Morgan fingerprint density at radius 3 is 3.06 bits per heavy atom. The molecule has 1 unspecified atom stereocenters. The van der Waals surface area contributed by atoms with E-state index in [0.717, 1.165) is 22.5 Å². The van der Waals surface area contributed by atoms with Crippen LogP contribution in [0.1, 0.15) is 0 Å². The van der Waals surface area contributed by atoms with Crippen LogP contribution in [0.2, 0.25) is 0 Å². The highest BCUT2D eigenvalue weighted by Gasteiger charge is 2.24. The summed E-state index contributed by atoms with van der Waals surface area (Å²) in [5.41, 5.74) is 5.75. The van der Waals surface area contributed by atoms with Crippen LogP contribution in [-0.2, 0) is 4.74 Å². The van der Waals surface area contributed by atoms with E-state index >= 15 is 0 Å². The molecule has 1 fully saturated rings. The molecule has 0 saturated carbocycles. The molecular formula is C11H14FN3O2S. The minimum absolute atomic E-state index is 0.0578. The Labute approximate surface area is 109 Å². The molecule has 1 heterocycles. The molecule has 2 amide bonds. The molecular weight excluding hydrogens is 257 g/mol. The molecule has 0 aromatic heterocycles. The Hall–Kier alpha value is -1.47. The van der Waals surface area contributed by atoms with Crippen LogP contribution < -0.4 is 15.4 Å². The first-order valence-electron chi connectivity index (χ1n) is 5.48. The van der Waals surface area contributed by atoms with Crippen molar-refractivity contribution in [2.45, 2.75) is 11.2 Å². The molecule has 18 heavy (non-hydrogen) atoms. The Morgan fingerprint density at radius 1 is 1.56 bits per heavy atom. The molecule has 0 radical (unpaired) electrons. The molecule has 0 aliphatic carbocycles. The highest BCUT2D eigenvalue weighted by molar-refractivity contribution is 7.98. The predicted octanol–water partition coefficient (Wildman–Crippen LogP) is 1.49. The van der Waals surface area contributed by atoms with Gasteiger partial charge < -0.3 is 15.4 Å². The van der Waals surface area contributed by atoms with E-state index in [1.54, 1.807) is 11.0 Å². The zero-order chi connectivity index (χ0) is 13.0. The smallest absolute Gasteiger partial charge is 0.322 e. The number of carbonyl (C=O) groups excluding carboxylic acids is 1. The highest BCUT2D eigenvalue weighted by Crippen LogP contribution is 2.30. The van der Waals surface area contributed by atoms with Crippen LogP contribution in [0.15, 0.2) is 29.2 Å². The van der Waals surface area contributed by atoms with Crippen LogP contribution in [0, 0.1) is 0 Å². The molecule has 1 atom stereocenters. The number of nitrogens with two attached hydrogens (primary N) is 1. The number of nitrogens with zero attached hydrogens (tertiary/aromatic N) is 1. The lowest BCUT2D eigenvalue weighted by Crippen LogP contribution is -2.43. The van der Waals surface area contributed by atoms with Gasteiger partial charge in [-0.2, -0.15) is 0 Å². The minimum atomic E-state index is -1.17. The number of anilines is 1. The van der Waals surface area contributed by atoms with Crippen LogP contribution >= 0.6 is 11.9 Å².